The van der Waals surface area contributed by atoms with Crippen LogP contribution in [0.5, 0.6) is 5.75 Å². The maximum absolute atomic E-state index is 12.4. The number of rotatable bonds is 2. The number of methoxy groups -OCH3 is 1. The number of benzene rings is 1. The maximum atomic E-state index is 12.4. The summed E-state index contributed by atoms with van der Waals surface area (Å²) in [4.78, 5) is 18.5. The quantitative estimate of drug-likeness (QED) is 0.648. The van der Waals surface area contributed by atoms with Crippen LogP contribution in [-0.2, 0) is 0 Å². The predicted octanol–water partition coefficient (Wildman–Crippen LogP) is 3.65. The molecule has 132 valence electrons. The molecule has 1 aliphatic rings. The largest absolute Gasteiger partial charge is 0.497 e. The summed E-state index contributed by atoms with van der Waals surface area (Å²) in [7, 11) is 1.63. The third-order valence-electron chi connectivity index (χ3n) is 4.39. The van der Waals surface area contributed by atoms with Crippen molar-refractivity contribution in [3.05, 3.63) is 51.1 Å². The van der Waals surface area contributed by atoms with Crippen molar-refractivity contribution in [3.8, 4) is 17.6 Å². The Morgan fingerprint density at radius 2 is 1.92 bits per heavy atom. The second-order valence-corrected chi connectivity index (χ2v) is 7.02. The Kier molecular flexibility index (Phi) is 4.63. The lowest BCUT2D eigenvalue weighted by Gasteiger charge is -2.25. The highest BCUT2D eigenvalue weighted by molar-refractivity contribution is 7.17. The highest BCUT2D eigenvalue weighted by Gasteiger charge is 2.18. The first-order valence-electron chi connectivity index (χ1n) is 8.58. The van der Waals surface area contributed by atoms with Gasteiger partial charge in [-0.25, -0.2) is 0 Å². The Hall–Kier alpha value is -2.78. The van der Waals surface area contributed by atoms with Crippen molar-refractivity contribution in [1.82, 2.24) is 4.98 Å². The average molecular weight is 366 g/mol. The Morgan fingerprint density at radius 3 is 2.65 bits per heavy atom. The van der Waals surface area contributed by atoms with E-state index < -0.39 is 0 Å². The third kappa shape index (κ3) is 3.31. The van der Waals surface area contributed by atoms with Gasteiger partial charge in [-0.05, 0) is 43.5 Å². The molecular formula is C20H18N2O3S. The number of ether oxygens (including phenoxy) is 1. The van der Waals surface area contributed by atoms with E-state index in [1.54, 1.807) is 7.11 Å². The van der Waals surface area contributed by atoms with E-state index in [-0.39, 0.29) is 5.56 Å². The lowest BCUT2D eigenvalue weighted by atomic mass is 10.1. The van der Waals surface area contributed by atoms with Gasteiger partial charge in [0.1, 0.15) is 10.4 Å². The molecule has 3 aromatic rings. The first-order valence-corrected chi connectivity index (χ1v) is 9.46. The Balaban J connectivity index is 1.70. The molecule has 2 aromatic heterocycles. The van der Waals surface area contributed by atoms with Crippen LogP contribution in [0.1, 0.15) is 30.4 Å². The van der Waals surface area contributed by atoms with Crippen LogP contribution in [0.3, 0.4) is 0 Å². The molecule has 5 nitrogen and oxygen atoms in total. The first-order chi connectivity index (χ1) is 12.7. The van der Waals surface area contributed by atoms with E-state index in [0.29, 0.717) is 16.3 Å². The zero-order valence-corrected chi connectivity index (χ0v) is 15.3. The minimum atomic E-state index is -0.241. The second-order valence-electron chi connectivity index (χ2n) is 6.14. The predicted molar refractivity (Wildman–Crippen MR) is 103 cm³/mol. The number of aromatic nitrogens is 1. The fourth-order valence-corrected chi connectivity index (χ4v) is 3.78. The van der Waals surface area contributed by atoms with Gasteiger partial charge in [0.2, 0.25) is 0 Å². The Bertz CT molecular complexity index is 1030. The second kappa shape index (κ2) is 7.22. The molecular weight excluding hydrogens is 348 g/mol. The monoisotopic (exact) mass is 366 g/mol. The molecule has 0 aliphatic carbocycles. The fourth-order valence-electron chi connectivity index (χ4n) is 2.97. The number of hydrogen-bond donors (Lipinski definition) is 0. The Labute approximate surface area is 155 Å². The summed E-state index contributed by atoms with van der Waals surface area (Å²) in [6.07, 6.45) is 3.40. The summed E-state index contributed by atoms with van der Waals surface area (Å²) in [6.45, 7) is 1.75. The van der Waals surface area contributed by atoms with Crippen molar-refractivity contribution in [3.63, 3.8) is 0 Å². The molecule has 0 spiro atoms. The number of nitrogens with zero attached hydrogens (tertiary/aromatic N) is 2. The molecule has 0 bridgehead atoms. The van der Waals surface area contributed by atoms with Gasteiger partial charge >= 0.3 is 6.01 Å². The molecule has 0 radical (unpaired) electrons. The van der Waals surface area contributed by atoms with E-state index in [2.05, 4.69) is 16.8 Å². The number of hydrogen-bond acceptors (Lipinski definition) is 6. The van der Waals surface area contributed by atoms with E-state index in [4.69, 9.17) is 9.15 Å². The fraction of sp³-hybridized carbons (Fsp3) is 0.300. The molecule has 1 fully saturated rings. The van der Waals surface area contributed by atoms with Crippen molar-refractivity contribution in [1.29, 1.82) is 0 Å². The zero-order chi connectivity index (χ0) is 17.9. The standard InChI is InChI=1S/C20H18N2O3S/c1-24-16-9-6-14(7-10-16)5-8-15-13-26-18-17(15)25-20(21-19(18)23)22-11-3-2-4-12-22/h6-7,9-10,13H,2-4,11-12H2,1H3. The van der Waals surface area contributed by atoms with Gasteiger partial charge in [0.25, 0.3) is 5.56 Å². The van der Waals surface area contributed by atoms with Crippen LogP contribution in [0, 0.1) is 11.8 Å². The van der Waals surface area contributed by atoms with E-state index >= 15 is 0 Å². The van der Waals surface area contributed by atoms with Gasteiger partial charge in [-0.1, -0.05) is 11.8 Å². The maximum Gasteiger partial charge on any atom is 0.301 e. The minimum absolute atomic E-state index is 0.241. The summed E-state index contributed by atoms with van der Waals surface area (Å²) < 4.78 is 11.7. The summed E-state index contributed by atoms with van der Waals surface area (Å²) >= 11 is 1.33. The van der Waals surface area contributed by atoms with Crippen LogP contribution in [0.15, 0.2) is 38.9 Å². The van der Waals surface area contributed by atoms with Gasteiger partial charge in [0.15, 0.2) is 5.58 Å². The number of thiophene rings is 1. The molecule has 1 aromatic carbocycles. The smallest absolute Gasteiger partial charge is 0.301 e. The van der Waals surface area contributed by atoms with Crippen LogP contribution in [0.4, 0.5) is 6.01 Å². The van der Waals surface area contributed by atoms with Crippen LogP contribution in [0.2, 0.25) is 0 Å². The van der Waals surface area contributed by atoms with Crippen LogP contribution in [0.25, 0.3) is 10.3 Å². The summed E-state index contributed by atoms with van der Waals surface area (Å²) in [5, 5.41) is 1.85. The molecule has 0 unspecified atom stereocenters. The van der Waals surface area contributed by atoms with Crippen molar-refractivity contribution in [2.24, 2.45) is 0 Å². The third-order valence-corrected chi connectivity index (χ3v) is 5.34. The number of piperidine rings is 1. The van der Waals surface area contributed by atoms with Crippen molar-refractivity contribution < 1.29 is 9.15 Å². The van der Waals surface area contributed by atoms with Crippen LogP contribution >= 0.6 is 11.3 Å². The van der Waals surface area contributed by atoms with Gasteiger partial charge in [-0.2, -0.15) is 4.98 Å². The van der Waals surface area contributed by atoms with Crippen LogP contribution in [-0.4, -0.2) is 25.2 Å². The SMILES string of the molecule is COc1ccc(C#Cc2csc3c(=O)nc(N4CCCCC4)oc23)cc1. The molecule has 0 amide bonds. The lowest BCUT2D eigenvalue weighted by molar-refractivity contribution is 0.415. The van der Waals surface area contributed by atoms with Gasteiger partial charge in [0.05, 0.1) is 12.7 Å². The van der Waals surface area contributed by atoms with E-state index in [1.807, 2.05) is 34.5 Å². The van der Waals surface area contributed by atoms with Gasteiger partial charge in [0, 0.05) is 24.0 Å². The zero-order valence-electron chi connectivity index (χ0n) is 14.4. The van der Waals surface area contributed by atoms with Crippen molar-refractivity contribution in [2.45, 2.75) is 19.3 Å². The topological polar surface area (TPSA) is 55.6 Å². The number of anilines is 1. The molecule has 0 atom stereocenters. The van der Waals surface area contributed by atoms with Crippen molar-refractivity contribution >= 4 is 27.6 Å². The summed E-state index contributed by atoms with van der Waals surface area (Å²) in [6, 6.07) is 7.95. The van der Waals surface area contributed by atoms with E-state index in [0.717, 1.165) is 42.8 Å². The summed E-state index contributed by atoms with van der Waals surface area (Å²) in [5.74, 6) is 7.02. The molecule has 3 heterocycles. The van der Waals surface area contributed by atoms with Crippen LogP contribution < -0.4 is 15.2 Å². The molecule has 4 rings (SSSR count). The Morgan fingerprint density at radius 1 is 1.15 bits per heavy atom. The lowest BCUT2D eigenvalue weighted by Crippen LogP contribution is -2.31. The molecule has 1 aliphatic heterocycles. The molecule has 0 saturated carbocycles. The molecule has 1 saturated heterocycles. The van der Waals surface area contributed by atoms with Gasteiger partial charge in [-0.15, -0.1) is 11.3 Å². The minimum Gasteiger partial charge on any atom is -0.497 e. The highest BCUT2D eigenvalue weighted by atomic mass is 32.1. The number of fused-ring (bicyclic) bond motifs is 1. The molecule has 0 N–H and O–H groups in total. The summed E-state index contributed by atoms with van der Waals surface area (Å²) in [5.41, 5.74) is 1.89. The van der Waals surface area contributed by atoms with E-state index in [1.165, 1.54) is 17.8 Å². The molecule has 6 heteroatoms. The molecule has 26 heavy (non-hydrogen) atoms. The van der Waals surface area contributed by atoms with Gasteiger partial charge < -0.3 is 14.1 Å². The highest BCUT2D eigenvalue weighted by Crippen LogP contribution is 2.26. The normalized spacial score (nSPS) is 14.1. The average Bonchev–Trinajstić information content (AvgIpc) is 3.11. The first kappa shape index (κ1) is 16.7. The van der Waals surface area contributed by atoms with Gasteiger partial charge in [-0.3, -0.25) is 4.79 Å². The van der Waals surface area contributed by atoms with E-state index in [9.17, 15) is 4.79 Å². The van der Waals surface area contributed by atoms with Crippen molar-refractivity contribution in [2.75, 3.05) is 25.1 Å².